The van der Waals surface area contributed by atoms with Crippen LogP contribution < -0.4 is 4.74 Å². The highest BCUT2D eigenvalue weighted by atomic mass is 32.1. The molecule has 0 aliphatic heterocycles. The first-order valence-corrected chi connectivity index (χ1v) is 6.99. The third kappa shape index (κ3) is 2.42. The van der Waals surface area contributed by atoms with Gasteiger partial charge in [-0.05, 0) is 36.1 Å². The van der Waals surface area contributed by atoms with Gasteiger partial charge in [0, 0.05) is 21.7 Å². The van der Waals surface area contributed by atoms with E-state index >= 15 is 0 Å². The van der Waals surface area contributed by atoms with Crippen molar-refractivity contribution in [2.24, 2.45) is 0 Å². The number of fused-ring (bicyclic) bond motifs is 1. The molecule has 0 saturated carbocycles. The Kier molecular flexibility index (Phi) is 3.13. The molecule has 96 valence electrons. The zero-order chi connectivity index (χ0) is 13.2. The highest BCUT2D eigenvalue weighted by Crippen LogP contribution is 2.30. The Morgan fingerprint density at radius 1 is 1.16 bits per heavy atom. The van der Waals surface area contributed by atoms with Crippen molar-refractivity contribution < 1.29 is 9.84 Å². The van der Waals surface area contributed by atoms with E-state index in [-0.39, 0.29) is 5.75 Å². The van der Waals surface area contributed by atoms with Crippen LogP contribution in [0.15, 0.2) is 47.8 Å². The monoisotopic (exact) mass is 270 g/mol. The van der Waals surface area contributed by atoms with Crippen molar-refractivity contribution in [2.75, 3.05) is 0 Å². The van der Waals surface area contributed by atoms with Crippen molar-refractivity contribution >= 4 is 21.4 Å². The average Bonchev–Trinajstić information content (AvgIpc) is 2.81. The van der Waals surface area contributed by atoms with Gasteiger partial charge < -0.3 is 9.84 Å². The first-order valence-electron chi connectivity index (χ1n) is 6.11. The van der Waals surface area contributed by atoms with Crippen LogP contribution in [0.1, 0.15) is 11.1 Å². The molecular weight excluding hydrogens is 256 g/mol. The second-order valence-corrected chi connectivity index (χ2v) is 5.41. The molecule has 19 heavy (non-hydrogen) atoms. The topological polar surface area (TPSA) is 29.5 Å². The Balaban J connectivity index is 1.86. The van der Waals surface area contributed by atoms with Gasteiger partial charge in [0.1, 0.15) is 18.1 Å². The van der Waals surface area contributed by atoms with Gasteiger partial charge in [-0.25, -0.2) is 0 Å². The zero-order valence-electron chi connectivity index (χ0n) is 10.6. The van der Waals surface area contributed by atoms with E-state index in [1.807, 2.05) is 6.07 Å². The quantitative estimate of drug-likeness (QED) is 0.759. The lowest BCUT2D eigenvalue weighted by Crippen LogP contribution is -1.94. The predicted octanol–water partition coefficient (Wildman–Crippen LogP) is 4.49. The van der Waals surface area contributed by atoms with Gasteiger partial charge in [-0.2, -0.15) is 0 Å². The summed E-state index contributed by atoms with van der Waals surface area (Å²) >= 11 is 1.74. The van der Waals surface area contributed by atoms with Gasteiger partial charge in [0.25, 0.3) is 0 Å². The van der Waals surface area contributed by atoms with Crippen LogP contribution in [-0.2, 0) is 6.61 Å². The average molecular weight is 270 g/mol. The van der Waals surface area contributed by atoms with Gasteiger partial charge in [-0.15, -0.1) is 11.3 Å². The Bertz CT molecular complexity index is 716. The summed E-state index contributed by atoms with van der Waals surface area (Å²) in [5, 5.41) is 12.8. The molecule has 0 fully saturated rings. The Morgan fingerprint density at radius 2 is 2.00 bits per heavy atom. The molecular formula is C16H14O2S. The number of phenols is 1. The van der Waals surface area contributed by atoms with Gasteiger partial charge in [-0.1, -0.05) is 18.2 Å². The van der Waals surface area contributed by atoms with Crippen LogP contribution in [0.25, 0.3) is 10.1 Å². The van der Waals surface area contributed by atoms with E-state index in [1.54, 1.807) is 29.5 Å². The van der Waals surface area contributed by atoms with Crippen molar-refractivity contribution in [1.29, 1.82) is 0 Å². The number of hydrogen-bond donors (Lipinski definition) is 1. The molecule has 0 saturated heterocycles. The lowest BCUT2D eigenvalue weighted by Gasteiger charge is -2.06. The van der Waals surface area contributed by atoms with E-state index in [0.29, 0.717) is 12.4 Å². The largest absolute Gasteiger partial charge is 0.508 e. The second-order valence-electron chi connectivity index (χ2n) is 4.50. The van der Waals surface area contributed by atoms with Gasteiger partial charge in [0.15, 0.2) is 0 Å². The molecule has 3 aromatic rings. The van der Waals surface area contributed by atoms with Crippen molar-refractivity contribution in [3.05, 3.63) is 59.0 Å². The van der Waals surface area contributed by atoms with Crippen LogP contribution in [0.5, 0.6) is 11.5 Å². The number of benzene rings is 2. The van der Waals surface area contributed by atoms with Gasteiger partial charge in [0.2, 0.25) is 0 Å². The van der Waals surface area contributed by atoms with E-state index in [9.17, 15) is 5.11 Å². The number of rotatable bonds is 3. The molecule has 2 nitrogen and oxygen atoms in total. The van der Waals surface area contributed by atoms with Gasteiger partial charge in [-0.3, -0.25) is 0 Å². The van der Waals surface area contributed by atoms with E-state index in [2.05, 4.69) is 30.5 Å². The molecule has 0 radical (unpaired) electrons. The van der Waals surface area contributed by atoms with E-state index in [0.717, 1.165) is 0 Å². The fraction of sp³-hybridized carbons (Fsp3) is 0.125. The second kappa shape index (κ2) is 4.94. The molecule has 0 unspecified atom stereocenters. The SMILES string of the molecule is Cc1cccc2scc(COc3cccc(O)c3)c12. The van der Waals surface area contributed by atoms with Crippen LogP contribution in [0.2, 0.25) is 0 Å². The molecule has 0 bridgehead atoms. The first kappa shape index (κ1) is 12.1. The summed E-state index contributed by atoms with van der Waals surface area (Å²) in [5.74, 6) is 0.914. The third-order valence-corrected chi connectivity index (χ3v) is 4.09. The number of aromatic hydroxyl groups is 1. The third-order valence-electron chi connectivity index (χ3n) is 3.10. The first-order chi connectivity index (χ1) is 9.24. The maximum absolute atomic E-state index is 9.41. The van der Waals surface area contributed by atoms with Crippen LogP contribution in [0, 0.1) is 6.92 Å². The highest BCUT2D eigenvalue weighted by Gasteiger charge is 2.07. The summed E-state index contributed by atoms with van der Waals surface area (Å²) in [6.07, 6.45) is 0. The van der Waals surface area contributed by atoms with Gasteiger partial charge >= 0.3 is 0 Å². The molecule has 0 aliphatic carbocycles. The molecule has 0 amide bonds. The Hall–Kier alpha value is -2.00. The summed E-state index contributed by atoms with van der Waals surface area (Å²) in [4.78, 5) is 0. The van der Waals surface area contributed by atoms with E-state index < -0.39 is 0 Å². The van der Waals surface area contributed by atoms with Crippen molar-refractivity contribution in [1.82, 2.24) is 0 Å². The molecule has 1 aromatic heterocycles. The number of aryl methyl sites for hydroxylation is 1. The molecule has 3 heteroatoms. The van der Waals surface area contributed by atoms with Crippen LogP contribution in [-0.4, -0.2) is 5.11 Å². The summed E-state index contributed by atoms with van der Waals surface area (Å²) in [6, 6.07) is 13.2. The van der Waals surface area contributed by atoms with E-state index in [4.69, 9.17) is 4.74 Å². The number of thiophene rings is 1. The minimum atomic E-state index is 0.226. The normalized spacial score (nSPS) is 10.8. The minimum Gasteiger partial charge on any atom is -0.508 e. The number of phenolic OH excluding ortho intramolecular Hbond substituents is 1. The fourth-order valence-electron chi connectivity index (χ4n) is 2.18. The highest BCUT2D eigenvalue weighted by molar-refractivity contribution is 7.17. The van der Waals surface area contributed by atoms with Crippen LogP contribution >= 0.6 is 11.3 Å². The summed E-state index contributed by atoms with van der Waals surface area (Å²) in [7, 11) is 0. The van der Waals surface area contributed by atoms with Crippen LogP contribution in [0.4, 0.5) is 0 Å². The minimum absolute atomic E-state index is 0.226. The van der Waals surface area contributed by atoms with Crippen molar-refractivity contribution in [2.45, 2.75) is 13.5 Å². The van der Waals surface area contributed by atoms with Crippen molar-refractivity contribution in [3.63, 3.8) is 0 Å². The summed E-state index contributed by atoms with van der Waals surface area (Å²) in [6.45, 7) is 2.64. The molecule has 0 atom stereocenters. The number of hydrogen-bond acceptors (Lipinski definition) is 3. The van der Waals surface area contributed by atoms with Crippen molar-refractivity contribution in [3.8, 4) is 11.5 Å². The molecule has 0 aliphatic rings. The van der Waals surface area contributed by atoms with Gasteiger partial charge in [0.05, 0.1) is 0 Å². The molecule has 1 heterocycles. The van der Waals surface area contributed by atoms with Crippen LogP contribution in [0.3, 0.4) is 0 Å². The predicted molar refractivity (Wildman–Crippen MR) is 79.0 cm³/mol. The molecule has 1 N–H and O–H groups in total. The Labute approximate surface area is 115 Å². The molecule has 3 rings (SSSR count). The fourth-order valence-corrected chi connectivity index (χ4v) is 3.21. The smallest absolute Gasteiger partial charge is 0.123 e. The van der Waals surface area contributed by atoms with E-state index in [1.165, 1.54) is 21.2 Å². The lowest BCUT2D eigenvalue weighted by molar-refractivity contribution is 0.306. The maximum atomic E-state index is 9.41. The summed E-state index contributed by atoms with van der Waals surface area (Å²) < 4.78 is 7.03. The lowest BCUT2D eigenvalue weighted by atomic mass is 10.1. The number of ether oxygens (including phenoxy) is 1. The zero-order valence-corrected chi connectivity index (χ0v) is 11.4. The Morgan fingerprint density at radius 3 is 2.84 bits per heavy atom. The summed E-state index contributed by atoms with van der Waals surface area (Å²) in [5.41, 5.74) is 2.47. The maximum Gasteiger partial charge on any atom is 0.123 e. The standard InChI is InChI=1S/C16H14O2S/c1-11-4-2-7-15-16(11)12(10-19-15)9-18-14-6-3-5-13(17)8-14/h2-8,10,17H,9H2,1H3. The molecule has 2 aromatic carbocycles. The molecule has 0 spiro atoms.